The molecular formula is C27H26P2. The minimum atomic E-state index is -0.409. The first kappa shape index (κ1) is 20.0. The van der Waals surface area contributed by atoms with Gasteiger partial charge in [-0.3, -0.25) is 0 Å². The van der Waals surface area contributed by atoms with Crippen LogP contribution in [-0.2, 0) is 5.16 Å². The van der Waals surface area contributed by atoms with Gasteiger partial charge in [0, 0.05) is 5.16 Å². The number of rotatable bonds is 7. The van der Waals surface area contributed by atoms with Gasteiger partial charge in [-0.1, -0.05) is 121 Å². The molecule has 0 saturated heterocycles. The molecule has 144 valence electrons. The first-order valence-electron chi connectivity index (χ1n) is 10.0. The molecule has 0 amide bonds. The highest BCUT2D eigenvalue weighted by Gasteiger charge is 2.30. The summed E-state index contributed by atoms with van der Waals surface area (Å²) in [6.07, 6.45) is 2.21. The van der Waals surface area contributed by atoms with Crippen LogP contribution in [-0.4, -0.2) is 6.16 Å². The molecule has 0 aliphatic heterocycles. The standard InChI is InChI=1S/C27H26P2/c28-27(23-13-5-1-6-14-23,24-15-7-2-8-16-24)21-22-29(25-17-9-3-10-18-25)26-19-11-4-12-20-26/h1-20H,21-22,28H2. The monoisotopic (exact) mass is 412 g/mol. The lowest BCUT2D eigenvalue weighted by molar-refractivity contribution is 0.715. The van der Waals surface area contributed by atoms with Crippen molar-refractivity contribution >= 4 is 27.8 Å². The molecule has 4 rings (SSSR count). The fourth-order valence-corrected chi connectivity index (χ4v) is 7.06. The third-order valence-corrected chi connectivity index (χ3v) is 8.91. The lowest BCUT2D eigenvalue weighted by Crippen LogP contribution is -2.24. The van der Waals surface area contributed by atoms with Gasteiger partial charge in [0.15, 0.2) is 0 Å². The Morgan fingerprint density at radius 2 is 0.862 bits per heavy atom. The van der Waals surface area contributed by atoms with Crippen molar-refractivity contribution in [3.05, 3.63) is 132 Å². The molecule has 1 atom stereocenters. The lowest BCUT2D eigenvalue weighted by Gasteiger charge is -2.33. The van der Waals surface area contributed by atoms with E-state index in [-0.39, 0.29) is 5.16 Å². The van der Waals surface area contributed by atoms with Crippen molar-refractivity contribution in [2.24, 2.45) is 0 Å². The number of hydrogen-bond acceptors (Lipinski definition) is 0. The SMILES string of the molecule is PC(CCP(c1ccccc1)c1ccccc1)(c1ccccc1)c1ccccc1. The topological polar surface area (TPSA) is 0 Å². The molecule has 2 heteroatoms. The fraction of sp³-hybridized carbons (Fsp3) is 0.111. The third-order valence-electron chi connectivity index (χ3n) is 5.44. The Bertz CT molecular complexity index is 920. The summed E-state index contributed by atoms with van der Waals surface area (Å²) < 4.78 is 0. The zero-order chi connectivity index (χ0) is 19.9. The summed E-state index contributed by atoms with van der Waals surface area (Å²) in [6.45, 7) is 0. The first-order valence-corrected chi connectivity index (χ1v) is 12.2. The van der Waals surface area contributed by atoms with E-state index in [1.165, 1.54) is 21.7 Å². The minimum absolute atomic E-state index is 0.0906. The molecule has 0 aliphatic rings. The van der Waals surface area contributed by atoms with Gasteiger partial charge in [-0.15, -0.1) is 9.24 Å². The second kappa shape index (κ2) is 9.49. The van der Waals surface area contributed by atoms with Crippen molar-refractivity contribution in [1.29, 1.82) is 0 Å². The maximum Gasteiger partial charge on any atom is 0.0348 e. The van der Waals surface area contributed by atoms with Crippen LogP contribution >= 0.6 is 17.2 Å². The van der Waals surface area contributed by atoms with Crippen LogP contribution in [0.25, 0.3) is 0 Å². The smallest absolute Gasteiger partial charge is 0.0348 e. The molecule has 0 nitrogen and oxygen atoms in total. The van der Waals surface area contributed by atoms with E-state index < -0.39 is 7.92 Å². The summed E-state index contributed by atoms with van der Waals surface area (Å²) in [5, 5.41) is 2.80. The predicted molar refractivity (Wildman–Crippen MR) is 132 cm³/mol. The van der Waals surface area contributed by atoms with E-state index in [0.29, 0.717) is 0 Å². The highest BCUT2D eigenvalue weighted by molar-refractivity contribution is 7.73. The van der Waals surface area contributed by atoms with Crippen molar-refractivity contribution in [3.63, 3.8) is 0 Å². The molecule has 4 aromatic rings. The molecule has 0 N–H and O–H groups in total. The van der Waals surface area contributed by atoms with E-state index >= 15 is 0 Å². The van der Waals surface area contributed by atoms with E-state index in [1.54, 1.807) is 0 Å². The zero-order valence-corrected chi connectivity index (χ0v) is 18.5. The Labute approximate surface area is 178 Å². The van der Waals surface area contributed by atoms with Gasteiger partial charge in [0.1, 0.15) is 0 Å². The fourth-order valence-electron chi connectivity index (χ4n) is 3.84. The molecule has 0 aromatic heterocycles. The van der Waals surface area contributed by atoms with E-state index in [4.69, 9.17) is 0 Å². The van der Waals surface area contributed by atoms with Gasteiger partial charge in [-0.2, -0.15) is 0 Å². The number of benzene rings is 4. The Balaban J connectivity index is 1.70. The van der Waals surface area contributed by atoms with Crippen LogP contribution in [0.1, 0.15) is 17.5 Å². The predicted octanol–water partition coefficient (Wildman–Crippen LogP) is 6.33. The van der Waals surface area contributed by atoms with Crippen LogP contribution in [0.3, 0.4) is 0 Å². The average Bonchev–Trinajstić information content (AvgIpc) is 2.81. The molecule has 0 spiro atoms. The van der Waals surface area contributed by atoms with Crippen LogP contribution in [0.15, 0.2) is 121 Å². The quantitative estimate of drug-likeness (QED) is 0.311. The zero-order valence-electron chi connectivity index (χ0n) is 16.5. The molecule has 1 unspecified atom stereocenters. The second-order valence-corrected chi connectivity index (χ2v) is 10.6. The molecule has 0 aliphatic carbocycles. The van der Waals surface area contributed by atoms with Gasteiger partial charge < -0.3 is 0 Å². The molecular weight excluding hydrogens is 386 g/mol. The second-order valence-electron chi connectivity index (χ2n) is 7.28. The average molecular weight is 412 g/mol. The molecule has 0 radical (unpaired) electrons. The van der Waals surface area contributed by atoms with Crippen LogP contribution in [0.5, 0.6) is 0 Å². The van der Waals surface area contributed by atoms with Crippen LogP contribution in [0.4, 0.5) is 0 Å². The van der Waals surface area contributed by atoms with Crippen molar-refractivity contribution < 1.29 is 0 Å². The summed E-state index contributed by atoms with van der Waals surface area (Å²) in [5.41, 5.74) is 2.71. The van der Waals surface area contributed by atoms with Crippen molar-refractivity contribution in [3.8, 4) is 0 Å². The Morgan fingerprint density at radius 3 is 1.24 bits per heavy atom. The lowest BCUT2D eigenvalue weighted by atomic mass is 9.88. The third kappa shape index (κ3) is 4.67. The van der Waals surface area contributed by atoms with Crippen molar-refractivity contribution in [2.75, 3.05) is 6.16 Å². The first-order chi connectivity index (χ1) is 14.3. The molecule has 4 aromatic carbocycles. The molecule has 0 heterocycles. The van der Waals surface area contributed by atoms with Gasteiger partial charge in [0.05, 0.1) is 0 Å². The van der Waals surface area contributed by atoms with Gasteiger partial charge in [0.25, 0.3) is 0 Å². The van der Waals surface area contributed by atoms with Gasteiger partial charge in [-0.05, 0) is 42.2 Å². The maximum atomic E-state index is 3.20. The highest BCUT2D eigenvalue weighted by atomic mass is 31.1. The normalized spacial score (nSPS) is 11.5. The summed E-state index contributed by atoms with van der Waals surface area (Å²) in [6, 6.07) is 43.8. The van der Waals surface area contributed by atoms with E-state index in [2.05, 4.69) is 131 Å². The van der Waals surface area contributed by atoms with Crippen molar-refractivity contribution in [1.82, 2.24) is 0 Å². The van der Waals surface area contributed by atoms with Gasteiger partial charge >= 0.3 is 0 Å². The maximum absolute atomic E-state index is 3.20. The Morgan fingerprint density at radius 1 is 0.517 bits per heavy atom. The summed E-state index contributed by atoms with van der Waals surface area (Å²) in [7, 11) is 2.79. The minimum Gasteiger partial charge on any atom is -0.122 e. The summed E-state index contributed by atoms with van der Waals surface area (Å²) in [5.74, 6) is 0. The van der Waals surface area contributed by atoms with E-state index in [0.717, 1.165) is 12.6 Å². The molecule has 29 heavy (non-hydrogen) atoms. The van der Waals surface area contributed by atoms with Gasteiger partial charge in [-0.25, -0.2) is 0 Å². The summed E-state index contributed by atoms with van der Waals surface area (Å²) in [4.78, 5) is 0. The Kier molecular flexibility index (Phi) is 6.56. The van der Waals surface area contributed by atoms with Crippen LogP contribution < -0.4 is 10.6 Å². The summed E-state index contributed by atoms with van der Waals surface area (Å²) >= 11 is 0. The molecule has 0 fully saturated rings. The van der Waals surface area contributed by atoms with Gasteiger partial charge in [0.2, 0.25) is 0 Å². The molecule has 0 saturated carbocycles. The van der Waals surface area contributed by atoms with E-state index in [1.807, 2.05) is 0 Å². The number of hydrogen-bond donors (Lipinski definition) is 0. The molecule has 0 bridgehead atoms. The van der Waals surface area contributed by atoms with Crippen LogP contribution in [0, 0.1) is 0 Å². The van der Waals surface area contributed by atoms with Crippen molar-refractivity contribution in [2.45, 2.75) is 11.6 Å². The van der Waals surface area contributed by atoms with Crippen LogP contribution in [0.2, 0.25) is 0 Å². The Hall–Kier alpha value is -2.26. The largest absolute Gasteiger partial charge is 0.122 e. The highest BCUT2D eigenvalue weighted by Crippen LogP contribution is 2.46. The van der Waals surface area contributed by atoms with E-state index in [9.17, 15) is 0 Å².